The number of hydrogen-bond donors (Lipinski definition) is 1. The van der Waals surface area contributed by atoms with E-state index in [0.717, 1.165) is 36.0 Å². The fourth-order valence-electron chi connectivity index (χ4n) is 2.78. The number of ether oxygens (including phenoxy) is 1. The summed E-state index contributed by atoms with van der Waals surface area (Å²) in [6, 6.07) is 6.24. The number of aromatic nitrogens is 1. The van der Waals surface area contributed by atoms with Crippen LogP contribution in [0.1, 0.15) is 28.5 Å². The average Bonchev–Trinajstić information content (AvgIpc) is 2.84. The Kier molecular flexibility index (Phi) is 5.80. The van der Waals surface area contributed by atoms with Crippen LogP contribution < -0.4 is 0 Å². The van der Waals surface area contributed by atoms with Crippen molar-refractivity contribution in [3.05, 3.63) is 35.0 Å². The van der Waals surface area contributed by atoms with E-state index in [1.54, 1.807) is 0 Å². The molecule has 0 aliphatic heterocycles. The van der Waals surface area contributed by atoms with Crippen molar-refractivity contribution >= 4 is 16.9 Å². The van der Waals surface area contributed by atoms with Gasteiger partial charge in [0.1, 0.15) is 5.69 Å². The summed E-state index contributed by atoms with van der Waals surface area (Å²) in [6.45, 7) is 3.92. The van der Waals surface area contributed by atoms with Crippen molar-refractivity contribution in [3.8, 4) is 0 Å². The molecule has 0 amide bonds. The normalized spacial score (nSPS) is 11.6. The van der Waals surface area contributed by atoms with E-state index in [0.29, 0.717) is 12.3 Å². The molecule has 0 unspecified atom stereocenters. The zero-order valence-electron chi connectivity index (χ0n) is 14.8. The number of carbonyl (C=O) groups is 1. The summed E-state index contributed by atoms with van der Waals surface area (Å²) >= 11 is 0. The molecular weight excluding hydrogens is 290 g/mol. The summed E-state index contributed by atoms with van der Waals surface area (Å²) < 4.78 is 5.23. The number of carbonyl (C=O) groups excluding carboxylic acids is 1. The van der Waals surface area contributed by atoms with Crippen LogP contribution in [0.5, 0.6) is 0 Å². The van der Waals surface area contributed by atoms with Crippen molar-refractivity contribution in [1.82, 2.24) is 14.8 Å². The number of benzene rings is 1. The van der Waals surface area contributed by atoms with E-state index >= 15 is 0 Å². The minimum absolute atomic E-state index is 0.270. The Morgan fingerprint density at radius 2 is 1.91 bits per heavy atom. The number of H-pyrrole nitrogens is 1. The first-order valence-electron chi connectivity index (χ1n) is 8.03. The largest absolute Gasteiger partial charge is 0.461 e. The Morgan fingerprint density at radius 3 is 2.52 bits per heavy atom. The van der Waals surface area contributed by atoms with Crippen molar-refractivity contribution in [2.24, 2.45) is 0 Å². The highest BCUT2D eigenvalue weighted by Crippen LogP contribution is 2.27. The van der Waals surface area contributed by atoms with Gasteiger partial charge in [-0.25, -0.2) is 4.79 Å². The molecule has 5 nitrogen and oxygen atoms in total. The van der Waals surface area contributed by atoms with E-state index in [4.69, 9.17) is 4.74 Å². The molecule has 126 valence electrons. The predicted molar refractivity (Wildman–Crippen MR) is 93.9 cm³/mol. The number of para-hydroxylation sites is 1. The van der Waals surface area contributed by atoms with Gasteiger partial charge in [0, 0.05) is 18.5 Å². The molecule has 0 aliphatic carbocycles. The first-order valence-corrected chi connectivity index (χ1v) is 8.03. The summed E-state index contributed by atoms with van der Waals surface area (Å²) in [5.41, 5.74) is 3.87. The Labute approximate surface area is 138 Å². The number of esters is 1. The molecule has 0 saturated heterocycles. The zero-order chi connectivity index (χ0) is 17.0. The Morgan fingerprint density at radius 1 is 1.17 bits per heavy atom. The molecular formula is C18H27N3O2. The van der Waals surface area contributed by atoms with Crippen LogP contribution in [0.25, 0.3) is 10.9 Å². The molecule has 0 saturated carbocycles. The lowest BCUT2D eigenvalue weighted by molar-refractivity contribution is 0.0519. The molecule has 0 fully saturated rings. The summed E-state index contributed by atoms with van der Waals surface area (Å²) in [4.78, 5) is 19.9. The van der Waals surface area contributed by atoms with E-state index in [2.05, 4.69) is 33.0 Å². The first kappa shape index (κ1) is 17.5. The number of likely N-dealkylation sites (N-methyl/N-ethyl adjacent to an activating group) is 1. The van der Waals surface area contributed by atoms with Crippen molar-refractivity contribution in [3.63, 3.8) is 0 Å². The summed E-state index contributed by atoms with van der Waals surface area (Å²) in [5, 5.41) is 1.12. The predicted octanol–water partition coefficient (Wildman–Crippen LogP) is 2.51. The topological polar surface area (TPSA) is 48.6 Å². The third-order valence-corrected chi connectivity index (χ3v) is 3.80. The van der Waals surface area contributed by atoms with Gasteiger partial charge in [-0.3, -0.25) is 0 Å². The summed E-state index contributed by atoms with van der Waals surface area (Å²) in [6.07, 6.45) is 0.812. The molecule has 5 heteroatoms. The van der Waals surface area contributed by atoms with Crippen LogP contribution in [0, 0.1) is 0 Å². The quantitative estimate of drug-likeness (QED) is 0.797. The smallest absolute Gasteiger partial charge is 0.355 e. The second-order valence-corrected chi connectivity index (χ2v) is 6.33. The van der Waals surface area contributed by atoms with Gasteiger partial charge in [0.2, 0.25) is 0 Å². The molecule has 0 radical (unpaired) electrons. The first-order chi connectivity index (χ1) is 10.9. The molecule has 1 heterocycles. The molecule has 1 aromatic carbocycles. The number of nitrogens with zero attached hydrogens (tertiary/aromatic N) is 2. The summed E-state index contributed by atoms with van der Waals surface area (Å²) in [7, 11) is 8.16. The Balaban J connectivity index is 2.53. The fourth-order valence-corrected chi connectivity index (χ4v) is 2.78. The van der Waals surface area contributed by atoms with Gasteiger partial charge in [-0.1, -0.05) is 18.2 Å². The van der Waals surface area contributed by atoms with Crippen molar-refractivity contribution in [2.45, 2.75) is 19.9 Å². The third kappa shape index (κ3) is 4.12. The average molecular weight is 317 g/mol. The molecule has 2 rings (SSSR count). The molecule has 0 atom stereocenters. The van der Waals surface area contributed by atoms with Gasteiger partial charge >= 0.3 is 5.97 Å². The highest BCUT2D eigenvalue weighted by atomic mass is 16.5. The molecule has 2 aromatic rings. The highest BCUT2D eigenvalue weighted by Gasteiger charge is 2.20. The van der Waals surface area contributed by atoms with Crippen LogP contribution in [-0.2, 0) is 17.7 Å². The van der Waals surface area contributed by atoms with Gasteiger partial charge in [0.25, 0.3) is 0 Å². The maximum atomic E-state index is 12.3. The second-order valence-electron chi connectivity index (χ2n) is 6.33. The van der Waals surface area contributed by atoms with Gasteiger partial charge in [-0.05, 0) is 52.7 Å². The minimum atomic E-state index is -0.270. The number of fused-ring (bicyclic) bond motifs is 1. The lowest BCUT2D eigenvalue weighted by Crippen LogP contribution is -2.17. The van der Waals surface area contributed by atoms with Crippen LogP contribution in [0.3, 0.4) is 0 Å². The van der Waals surface area contributed by atoms with Crippen LogP contribution >= 0.6 is 0 Å². The fraction of sp³-hybridized carbons (Fsp3) is 0.500. The van der Waals surface area contributed by atoms with E-state index in [1.165, 1.54) is 5.56 Å². The standard InChI is InChI=1S/C18H27N3O2/c1-6-23-18(22)17-15(10-11-20(2)3)14-9-7-8-13(12-21(4)5)16(14)19-17/h7-9,19H,6,10-12H2,1-5H3. The number of aromatic amines is 1. The van der Waals surface area contributed by atoms with E-state index in [9.17, 15) is 4.79 Å². The maximum Gasteiger partial charge on any atom is 0.355 e. The molecule has 0 spiro atoms. The lowest BCUT2D eigenvalue weighted by Gasteiger charge is -2.11. The van der Waals surface area contributed by atoms with Crippen LogP contribution in [-0.4, -0.2) is 62.1 Å². The number of rotatable bonds is 7. The Bertz CT molecular complexity index is 674. The highest BCUT2D eigenvalue weighted by molar-refractivity contribution is 5.99. The van der Waals surface area contributed by atoms with Gasteiger partial charge < -0.3 is 19.5 Å². The van der Waals surface area contributed by atoms with Crippen LogP contribution in [0.2, 0.25) is 0 Å². The second kappa shape index (κ2) is 7.62. The molecule has 1 aromatic heterocycles. The molecule has 1 N–H and O–H groups in total. The zero-order valence-corrected chi connectivity index (χ0v) is 14.8. The van der Waals surface area contributed by atoms with Crippen LogP contribution in [0.4, 0.5) is 0 Å². The monoisotopic (exact) mass is 317 g/mol. The van der Waals surface area contributed by atoms with Crippen LogP contribution in [0.15, 0.2) is 18.2 Å². The maximum absolute atomic E-state index is 12.3. The van der Waals surface area contributed by atoms with Gasteiger partial charge in [0.15, 0.2) is 0 Å². The number of nitrogens with one attached hydrogen (secondary N) is 1. The third-order valence-electron chi connectivity index (χ3n) is 3.80. The molecule has 23 heavy (non-hydrogen) atoms. The van der Waals surface area contributed by atoms with Gasteiger partial charge in [0.05, 0.1) is 12.1 Å². The Hall–Kier alpha value is -1.85. The van der Waals surface area contributed by atoms with E-state index < -0.39 is 0 Å². The SMILES string of the molecule is CCOC(=O)c1[nH]c2c(CN(C)C)cccc2c1CCN(C)C. The molecule has 0 bridgehead atoms. The van der Waals surface area contributed by atoms with Crippen molar-refractivity contribution < 1.29 is 9.53 Å². The van der Waals surface area contributed by atoms with Gasteiger partial charge in [-0.15, -0.1) is 0 Å². The molecule has 0 aliphatic rings. The van der Waals surface area contributed by atoms with Crippen molar-refractivity contribution in [2.75, 3.05) is 41.3 Å². The van der Waals surface area contributed by atoms with E-state index in [1.807, 2.05) is 35.1 Å². The summed E-state index contributed by atoms with van der Waals surface area (Å²) in [5.74, 6) is -0.270. The lowest BCUT2D eigenvalue weighted by atomic mass is 10.0. The minimum Gasteiger partial charge on any atom is -0.461 e. The van der Waals surface area contributed by atoms with Crippen molar-refractivity contribution in [1.29, 1.82) is 0 Å². The van der Waals surface area contributed by atoms with E-state index in [-0.39, 0.29) is 5.97 Å². The van der Waals surface area contributed by atoms with Gasteiger partial charge in [-0.2, -0.15) is 0 Å². The number of hydrogen-bond acceptors (Lipinski definition) is 4.